The lowest BCUT2D eigenvalue weighted by Crippen LogP contribution is -2.40. The van der Waals surface area contributed by atoms with Crippen molar-refractivity contribution in [3.05, 3.63) is 0 Å². The number of nitrogens with two attached hydrogens (primary N) is 1. The van der Waals surface area contributed by atoms with Gasteiger partial charge in [0.05, 0.1) is 0 Å². The van der Waals surface area contributed by atoms with Crippen LogP contribution < -0.4 is 11.1 Å². The van der Waals surface area contributed by atoms with Crippen molar-refractivity contribution >= 4 is 11.8 Å². The quantitative estimate of drug-likeness (QED) is 0.699. The van der Waals surface area contributed by atoms with Crippen molar-refractivity contribution in [3.8, 4) is 0 Å². The predicted octanol–water partition coefficient (Wildman–Crippen LogP) is 0.243. The van der Waals surface area contributed by atoms with Crippen LogP contribution in [0.15, 0.2) is 0 Å². The third-order valence-corrected chi connectivity index (χ3v) is 3.11. The Kier molecular flexibility index (Phi) is 5.97. The van der Waals surface area contributed by atoms with Crippen LogP contribution >= 0.6 is 0 Å². The van der Waals surface area contributed by atoms with E-state index in [0.717, 1.165) is 25.8 Å². The highest BCUT2D eigenvalue weighted by atomic mass is 16.2. The molecule has 0 aromatic rings. The van der Waals surface area contributed by atoms with Crippen molar-refractivity contribution < 1.29 is 9.59 Å². The van der Waals surface area contributed by atoms with Gasteiger partial charge >= 0.3 is 0 Å². The number of likely N-dealkylation sites (tertiary alicyclic amines) is 1. The van der Waals surface area contributed by atoms with Gasteiger partial charge < -0.3 is 16.0 Å². The molecule has 1 heterocycles. The first-order valence-corrected chi connectivity index (χ1v) is 6.45. The van der Waals surface area contributed by atoms with E-state index >= 15 is 0 Å². The lowest BCUT2D eigenvalue weighted by atomic mass is 10.2. The molecule has 0 bridgehead atoms. The molecule has 0 radical (unpaired) electrons. The van der Waals surface area contributed by atoms with Gasteiger partial charge in [-0.05, 0) is 19.3 Å². The maximum atomic E-state index is 11.9. The fraction of sp³-hybridized carbons (Fsp3) is 0.833. The van der Waals surface area contributed by atoms with Crippen molar-refractivity contribution in [2.45, 2.75) is 45.1 Å². The molecule has 5 nitrogen and oxygen atoms in total. The van der Waals surface area contributed by atoms with Crippen molar-refractivity contribution in [1.82, 2.24) is 10.2 Å². The Morgan fingerprint density at radius 1 is 1.41 bits per heavy atom. The zero-order valence-electron chi connectivity index (χ0n) is 10.6. The fourth-order valence-corrected chi connectivity index (χ4v) is 2.13. The van der Waals surface area contributed by atoms with Crippen molar-refractivity contribution in [2.24, 2.45) is 5.73 Å². The van der Waals surface area contributed by atoms with E-state index in [9.17, 15) is 9.59 Å². The lowest BCUT2D eigenvalue weighted by Gasteiger charge is -2.23. The maximum Gasteiger partial charge on any atom is 0.223 e. The monoisotopic (exact) mass is 241 g/mol. The standard InChI is InChI=1S/C12H23N3O2/c1-2-7-14-11(16)5-6-12(17)15-8-3-4-10(15)9-13/h10H,2-9,13H2,1H3,(H,14,16). The summed E-state index contributed by atoms with van der Waals surface area (Å²) in [6.07, 6.45) is 3.51. The van der Waals surface area contributed by atoms with Crippen LogP contribution in [0.1, 0.15) is 39.0 Å². The molecule has 0 aromatic heterocycles. The molecule has 5 heteroatoms. The molecule has 0 saturated carbocycles. The molecule has 1 saturated heterocycles. The van der Waals surface area contributed by atoms with Gasteiger partial charge in [-0.2, -0.15) is 0 Å². The SMILES string of the molecule is CCCNC(=O)CCC(=O)N1CCCC1CN. The molecular formula is C12H23N3O2. The van der Waals surface area contributed by atoms with Crippen LogP contribution in [-0.2, 0) is 9.59 Å². The van der Waals surface area contributed by atoms with E-state index in [-0.39, 0.29) is 24.3 Å². The summed E-state index contributed by atoms with van der Waals surface area (Å²) >= 11 is 0. The minimum absolute atomic E-state index is 0.0382. The fourth-order valence-electron chi connectivity index (χ4n) is 2.13. The van der Waals surface area contributed by atoms with Crippen LogP contribution in [0.5, 0.6) is 0 Å². The van der Waals surface area contributed by atoms with E-state index in [1.807, 2.05) is 11.8 Å². The van der Waals surface area contributed by atoms with Crippen LogP contribution in [0.3, 0.4) is 0 Å². The topological polar surface area (TPSA) is 75.4 Å². The molecule has 17 heavy (non-hydrogen) atoms. The third kappa shape index (κ3) is 4.34. The normalized spacial score (nSPS) is 19.4. The van der Waals surface area contributed by atoms with E-state index in [0.29, 0.717) is 19.5 Å². The maximum absolute atomic E-state index is 11.9. The molecule has 0 aromatic carbocycles. The van der Waals surface area contributed by atoms with Gasteiger partial charge in [0.1, 0.15) is 0 Å². The second kappa shape index (κ2) is 7.27. The van der Waals surface area contributed by atoms with Crippen molar-refractivity contribution in [2.75, 3.05) is 19.6 Å². The average Bonchev–Trinajstić information content (AvgIpc) is 2.81. The van der Waals surface area contributed by atoms with E-state index < -0.39 is 0 Å². The van der Waals surface area contributed by atoms with Gasteiger partial charge in [-0.1, -0.05) is 6.92 Å². The number of amides is 2. The Hall–Kier alpha value is -1.10. The van der Waals surface area contributed by atoms with Crippen LogP contribution in [0.25, 0.3) is 0 Å². The van der Waals surface area contributed by atoms with Gasteiger partial charge in [0.2, 0.25) is 11.8 Å². The van der Waals surface area contributed by atoms with E-state index in [1.165, 1.54) is 0 Å². The first kappa shape index (κ1) is 14.0. The number of hydrogen-bond acceptors (Lipinski definition) is 3. The molecule has 1 rings (SSSR count). The number of carbonyl (C=O) groups is 2. The highest BCUT2D eigenvalue weighted by molar-refractivity contribution is 5.84. The Bertz CT molecular complexity index is 268. The predicted molar refractivity (Wildman–Crippen MR) is 66.3 cm³/mol. The summed E-state index contributed by atoms with van der Waals surface area (Å²) in [5.74, 6) is 0.0216. The van der Waals surface area contributed by atoms with Crippen LogP contribution in [0.4, 0.5) is 0 Å². The number of hydrogen-bond donors (Lipinski definition) is 2. The largest absolute Gasteiger partial charge is 0.356 e. The second-order valence-corrected chi connectivity index (χ2v) is 4.47. The van der Waals surface area contributed by atoms with Crippen LogP contribution in [0, 0.1) is 0 Å². The Labute approximate surface area is 103 Å². The van der Waals surface area contributed by atoms with E-state index in [4.69, 9.17) is 5.73 Å². The summed E-state index contributed by atoms with van der Waals surface area (Å²) < 4.78 is 0. The molecule has 3 N–H and O–H groups in total. The summed E-state index contributed by atoms with van der Waals surface area (Å²) in [6.45, 7) is 3.99. The molecule has 0 spiro atoms. The molecule has 1 aliphatic heterocycles. The number of carbonyl (C=O) groups excluding carboxylic acids is 2. The minimum Gasteiger partial charge on any atom is -0.356 e. The van der Waals surface area contributed by atoms with Crippen molar-refractivity contribution in [3.63, 3.8) is 0 Å². The summed E-state index contributed by atoms with van der Waals surface area (Å²) in [7, 11) is 0. The zero-order valence-corrected chi connectivity index (χ0v) is 10.6. The van der Waals surface area contributed by atoms with Gasteiger partial charge in [-0.25, -0.2) is 0 Å². The Morgan fingerprint density at radius 3 is 2.82 bits per heavy atom. The highest BCUT2D eigenvalue weighted by Crippen LogP contribution is 2.17. The first-order chi connectivity index (χ1) is 8.19. The molecule has 2 amide bonds. The van der Waals surface area contributed by atoms with Crippen molar-refractivity contribution in [1.29, 1.82) is 0 Å². The number of rotatable bonds is 6. The lowest BCUT2D eigenvalue weighted by molar-refractivity contribution is -0.134. The Morgan fingerprint density at radius 2 is 2.18 bits per heavy atom. The summed E-state index contributed by atoms with van der Waals surface area (Å²) in [6, 6.07) is 0.182. The molecule has 1 unspecified atom stereocenters. The van der Waals surface area contributed by atoms with Gasteiger partial charge in [-0.3, -0.25) is 9.59 Å². The molecule has 1 atom stereocenters. The second-order valence-electron chi connectivity index (χ2n) is 4.47. The molecule has 0 aliphatic carbocycles. The van der Waals surface area contributed by atoms with E-state index in [1.54, 1.807) is 0 Å². The highest BCUT2D eigenvalue weighted by Gasteiger charge is 2.27. The third-order valence-electron chi connectivity index (χ3n) is 3.11. The number of nitrogens with zero attached hydrogens (tertiary/aromatic N) is 1. The summed E-state index contributed by atoms with van der Waals surface area (Å²) in [4.78, 5) is 25.1. The van der Waals surface area contributed by atoms with Gasteiger partial charge in [0.15, 0.2) is 0 Å². The van der Waals surface area contributed by atoms with Gasteiger partial charge in [-0.15, -0.1) is 0 Å². The molecule has 1 aliphatic rings. The molecular weight excluding hydrogens is 218 g/mol. The van der Waals surface area contributed by atoms with E-state index in [2.05, 4.69) is 5.32 Å². The van der Waals surface area contributed by atoms with Crippen LogP contribution in [-0.4, -0.2) is 42.4 Å². The Balaban J connectivity index is 2.27. The minimum atomic E-state index is -0.0382. The zero-order chi connectivity index (χ0) is 12.7. The first-order valence-electron chi connectivity index (χ1n) is 6.45. The smallest absolute Gasteiger partial charge is 0.223 e. The summed E-state index contributed by atoms with van der Waals surface area (Å²) in [5, 5.41) is 2.77. The summed E-state index contributed by atoms with van der Waals surface area (Å²) in [5.41, 5.74) is 5.61. The average molecular weight is 241 g/mol. The number of nitrogens with one attached hydrogen (secondary N) is 1. The van der Waals surface area contributed by atoms with Gasteiger partial charge in [0, 0.05) is 38.5 Å². The van der Waals surface area contributed by atoms with Gasteiger partial charge in [0.25, 0.3) is 0 Å². The van der Waals surface area contributed by atoms with Crippen LogP contribution in [0.2, 0.25) is 0 Å². The molecule has 98 valence electrons. The molecule has 1 fully saturated rings.